The van der Waals surface area contributed by atoms with Gasteiger partial charge in [-0.25, -0.2) is 0 Å². The average molecular weight is 335 g/mol. The predicted molar refractivity (Wildman–Crippen MR) is 101 cm³/mol. The van der Waals surface area contributed by atoms with Crippen LogP contribution in [0, 0.1) is 0 Å². The molecule has 1 aromatic carbocycles. The highest BCUT2D eigenvalue weighted by atomic mass is 16.5. The second-order valence-corrected chi connectivity index (χ2v) is 6.42. The first kappa shape index (κ1) is 20.5. The molecule has 24 heavy (non-hydrogen) atoms. The van der Waals surface area contributed by atoms with Crippen molar-refractivity contribution in [2.75, 3.05) is 26.2 Å². The molecule has 0 radical (unpaired) electrons. The topological polar surface area (TPSA) is 41.6 Å². The Balaban J connectivity index is 2.35. The quantitative estimate of drug-likeness (QED) is 0.593. The molecule has 1 rings (SSSR count). The Morgan fingerprint density at radius 2 is 2.08 bits per heavy atom. The molecule has 4 heteroatoms. The third-order valence-electron chi connectivity index (χ3n) is 4.00. The van der Waals surface area contributed by atoms with Crippen LogP contribution >= 0.6 is 0 Å². The Kier molecular flexibility index (Phi) is 10.2. The lowest BCUT2D eigenvalue weighted by atomic mass is 10.1. The second kappa shape index (κ2) is 11.9. The Morgan fingerprint density at radius 3 is 2.75 bits per heavy atom. The van der Waals surface area contributed by atoms with Gasteiger partial charge in [0.25, 0.3) is 0 Å². The van der Waals surface area contributed by atoms with Gasteiger partial charge >= 0.3 is 0 Å². The lowest BCUT2D eigenvalue weighted by Crippen LogP contribution is -2.42. The van der Waals surface area contributed by atoms with Gasteiger partial charge in [0.2, 0.25) is 5.91 Å². The monoisotopic (exact) mass is 334 g/mol. The third kappa shape index (κ3) is 8.34. The highest BCUT2D eigenvalue weighted by molar-refractivity contribution is 5.73. The smallest absolute Gasteiger partial charge is 0.219 e. The maximum atomic E-state index is 11.6. The molecule has 136 valence electrons. The van der Waals surface area contributed by atoms with Gasteiger partial charge in [-0.1, -0.05) is 32.4 Å². The molecule has 0 bridgehead atoms. The van der Waals surface area contributed by atoms with Crippen LogP contribution in [-0.4, -0.2) is 43.1 Å². The molecule has 0 saturated carbocycles. The molecule has 0 fully saturated rings. The first-order valence-electron chi connectivity index (χ1n) is 9.27. The summed E-state index contributed by atoms with van der Waals surface area (Å²) in [6.07, 6.45) is 4.20. The largest absolute Gasteiger partial charge is 0.494 e. The second-order valence-electron chi connectivity index (χ2n) is 6.42. The van der Waals surface area contributed by atoms with Gasteiger partial charge in [-0.2, -0.15) is 0 Å². The zero-order valence-electron chi connectivity index (χ0n) is 15.8. The summed E-state index contributed by atoms with van der Waals surface area (Å²) in [5, 5.41) is 3.51. The Hall–Kier alpha value is -1.55. The van der Waals surface area contributed by atoms with Crippen LogP contribution < -0.4 is 10.1 Å². The minimum atomic E-state index is 0.155. The fourth-order valence-corrected chi connectivity index (χ4v) is 2.63. The van der Waals surface area contributed by atoms with E-state index in [9.17, 15) is 4.79 Å². The number of nitrogens with zero attached hydrogens (tertiary/aromatic N) is 1. The van der Waals surface area contributed by atoms with Gasteiger partial charge in [-0.05, 0) is 50.4 Å². The first-order chi connectivity index (χ1) is 11.6. The lowest BCUT2D eigenvalue weighted by Gasteiger charge is -2.25. The summed E-state index contributed by atoms with van der Waals surface area (Å²) in [6.45, 7) is 11.3. The van der Waals surface area contributed by atoms with Crippen molar-refractivity contribution in [1.82, 2.24) is 10.2 Å². The summed E-state index contributed by atoms with van der Waals surface area (Å²) >= 11 is 0. The number of ether oxygens (including phenoxy) is 1. The molecule has 0 heterocycles. The van der Waals surface area contributed by atoms with Gasteiger partial charge in [0.15, 0.2) is 0 Å². The van der Waals surface area contributed by atoms with Gasteiger partial charge in [-0.3, -0.25) is 4.79 Å². The Bertz CT molecular complexity index is 476. The standard InChI is InChI=1S/C20H34N2O2/c1-5-7-14-24-20-10-8-9-19(15-20)11-12-21-17(3)16-22(13-6-2)18(4)23/h8-10,15,17,21H,5-7,11-14,16H2,1-4H3. The maximum Gasteiger partial charge on any atom is 0.219 e. The Labute approximate surface area is 147 Å². The molecular formula is C20H34N2O2. The molecule has 1 aromatic rings. The molecule has 1 atom stereocenters. The number of hydrogen-bond donors (Lipinski definition) is 1. The van der Waals surface area contributed by atoms with Crippen LogP contribution in [0.2, 0.25) is 0 Å². The van der Waals surface area contributed by atoms with Crippen molar-refractivity contribution in [1.29, 1.82) is 0 Å². The number of amides is 1. The van der Waals surface area contributed by atoms with Crippen molar-refractivity contribution < 1.29 is 9.53 Å². The van der Waals surface area contributed by atoms with Gasteiger partial charge in [0.1, 0.15) is 5.75 Å². The summed E-state index contributed by atoms with van der Waals surface area (Å²) in [5.41, 5.74) is 1.28. The maximum absolute atomic E-state index is 11.6. The zero-order chi connectivity index (χ0) is 17.8. The van der Waals surface area contributed by atoms with Crippen molar-refractivity contribution in [3.8, 4) is 5.75 Å². The third-order valence-corrected chi connectivity index (χ3v) is 4.00. The van der Waals surface area contributed by atoms with Gasteiger partial charge in [-0.15, -0.1) is 0 Å². The normalized spacial score (nSPS) is 12.0. The van der Waals surface area contributed by atoms with Crippen LogP contribution in [0.25, 0.3) is 0 Å². The molecule has 0 aromatic heterocycles. The highest BCUT2D eigenvalue weighted by Crippen LogP contribution is 2.14. The number of hydrogen-bond acceptors (Lipinski definition) is 3. The summed E-state index contributed by atoms with van der Waals surface area (Å²) in [5.74, 6) is 1.11. The van der Waals surface area contributed by atoms with Crippen molar-refractivity contribution in [2.24, 2.45) is 0 Å². The van der Waals surface area contributed by atoms with E-state index >= 15 is 0 Å². The van der Waals surface area contributed by atoms with E-state index in [2.05, 4.69) is 44.3 Å². The lowest BCUT2D eigenvalue weighted by molar-refractivity contribution is -0.129. The van der Waals surface area contributed by atoms with Crippen LogP contribution in [0.1, 0.15) is 52.5 Å². The summed E-state index contributed by atoms with van der Waals surface area (Å²) < 4.78 is 5.76. The molecule has 0 aliphatic rings. The van der Waals surface area contributed by atoms with Crippen LogP contribution in [0.3, 0.4) is 0 Å². The number of nitrogens with one attached hydrogen (secondary N) is 1. The minimum absolute atomic E-state index is 0.155. The van der Waals surface area contributed by atoms with E-state index in [0.717, 1.165) is 57.7 Å². The molecule has 0 aliphatic carbocycles. The Morgan fingerprint density at radius 1 is 1.29 bits per heavy atom. The number of unbranched alkanes of at least 4 members (excludes halogenated alkanes) is 1. The molecular weight excluding hydrogens is 300 g/mol. The summed E-state index contributed by atoms with van der Waals surface area (Å²) in [4.78, 5) is 13.5. The van der Waals surface area contributed by atoms with E-state index in [1.54, 1.807) is 6.92 Å². The fraction of sp³-hybridized carbons (Fsp3) is 0.650. The van der Waals surface area contributed by atoms with Gasteiger partial charge in [0, 0.05) is 26.1 Å². The number of rotatable bonds is 12. The van der Waals surface area contributed by atoms with Crippen LogP contribution in [-0.2, 0) is 11.2 Å². The SMILES string of the molecule is CCCCOc1cccc(CCNC(C)CN(CCC)C(C)=O)c1. The molecule has 4 nitrogen and oxygen atoms in total. The average Bonchev–Trinajstić information content (AvgIpc) is 2.55. The van der Waals surface area contributed by atoms with E-state index < -0.39 is 0 Å². The van der Waals surface area contributed by atoms with Gasteiger partial charge < -0.3 is 15.0 Å². The van der Waals surface area contributed by atoms with Crippen molar-refractivity contribution in [3.05, 3.63) is 29.8 Å². The number of carbonyl (C=O) groups is 1. The molecule has 1 amide bonds. The van der Waals surface area contributed by atoms with E-state index in [0.29, 0.717) is 6.04 Å². The van der Waals surface area contributed by atoms with Crippen LogP contribution in [0.15, 0.2) is 24.3 Å². The van der Waals surface area contributed by atoms with E-state index in [1.165, 1.54) is 5.56 Å². The molecule has 1 unspecified atom stereocenters. The molecule has 0 saturated heterocycles. The minimum Gasteiger partial charge on any atom is -0.494 e. The molecule has 1 N–H and O–H groups in total. The number of benzene rings is 1. The van der Waals surface area contributed by atoms with Crippen molar-refractivity contribution in [2.45, 2.75) is 59.4 Å². The zero-order valence-corrected chi connectivity index (χ0v) is 15.8. The molecule has 0 spiro atoms. The summed E-state index contributed by atoms with van der Waals surface area (Å²) in [7, 11) is 0. The van der Waals surface area contributed by atoms with E-state index in [4.69, 9.17) is 4.74 Å². The van der Waals surface area contributed by atoms with Crippen molar-refractivity contribution in [3.63, 3.8) is 0 Å². The fourth-order valence-electron chi connectivity index (χ4n) is 2.63. The predicted octanol–water partition coefficient (Wildman–Crippen LogP) is 3.64. The highest BCUT2D eigenvalue weighted by Gasteiger charge is 2.11. The van der Waals surface area contributed by atoms with Crippen molar-refractivity contribution >= 4 is 5.91 Å². The van der Waals surface area contributed by atoms with Gasteiger partial charge in [0.05, 0.1) is 6.61 Å². The van der Waals surface area contributed by atoms with Crippen LogP contribution in [0.4, 0.5) is 0 Å². The van der Waals surface area contributed by atoms with Crippen LogP contribution in [0.5, 0.6) is 5.75 Å². The summed E-state index contributed by atoms with van der Waals surface area (Å²) in [6, 6.07) is 8.63. The van der Waals surface area contributed by atoms with E-state index in [-0.39, 0.29) is 5.91 Å². The molecule has 0 aliphatic heterocycles. The number of carbonyl (C=O) groups excluding carboxylic acids is 1. The van der Waals surface area contributed by atoms with E-state index in [1.807, 2.05) is 11.0 Å². The first-order valence-corrected chi connectivity index (χ1v) is 9.27.